The van der Waals surface area contributed by atoms with E-state index in [0.29, 0.717) is 12.1 Å². The summed E-state index contributed by atoms with van der Waals surface area (Å²) >= 11 is 0. The summed E-state index contributed by atoms with van der Waals surface area (Å²) in [5.74, 6) is 0. The van der Waals surface area contributed by atoms with Crippen molar-refractivity contribution in [3.05, 3.63) is 35.9 Å². The molecule has 0 unspecified atom stereocenters. The zero-order valence-electron chi connectivity index (χ0n) is 15.3. The number of fused-ring (bicyclic) bond motifs is 1. The van der Waals surface area contributed by atoms with Gasteiger partial charge in [-0.05, 0) is 46.1 Å². The van der Waals surface area contributed by atoms with Crippen LogP contribution in [0.2, 0.25) is 0 Å². The van der Waals surface area contributed by atoms with Crippen LogP contribution in [-0.4, -0.2) is 39.7 Å². The maximum Gasteiger partial charge on any atom is 0.238 e. The summed E-state index contributed by atoms with van der Waals surface area (Å²) in [7, 11) is -2.94. The summed E-state index contributed by atoms with van der Waals surface area (Å²) in [5.41, 5.74) is 1.01. The number of benzene rings is 1. The first-order valence-electron chi connectivity index (χ1n) is 9.23. The molecule has 5 heteroatoms. The first-order valence-corrected chi connectivity index (χ1v) is 10.8. The highest BCUT2D eigenvalue weighted by molar-refractivity contribution is 7.63. The Morgan fingerprint density at radius 1 is 1.00 bits per heavy atom. The topological polar surface area (TPSA) is 41.9 Å². The molecule has 0 bridgehead atoms. The van der Waals surface area contributed by atoms with Gasteiger partial charge in [-0.3, -0.25) is 0 Å². The Kier molecular flexibility index (Phi) is 5.41. The van der Waals surface area contributed by atoms with E-state index in [1.807, 2.05) is 36.5 Å². The molecule has 1 heterocycles. The fourth-order valence-corrected chi connectivity index (χ4v) is 7.66. The van der Waals surface area contributed by atoms with Gasteiger partial charge in [0.25, 0.3) is 0 Å². The van der Waals surface area contributed by atoms with Crippen molar-refractivity contribution in [2.45, 2.75) is 77.5 Å². The van der Waals surface area contributed by atoms with Gasteiger partial charge in [0.1, 0.15) is 0 Å². The molecule has 1 aliphatic carbocycles. The Morgan fingerprint density at radius 2 is 1.50 bits per heavy atom. The fraction of sp³-hybridized carbons (Fsp3) is 0.632. The number of nitrogens with zero attached hydrogens (tertiary/aromatic N) is 3. The average molecular weight is 347 g/mol. The summed E-state index contributed by atoms with van der Waals surface area (Å²) in [4.78, 5) is 14.2. The molecule has 4 nitrogen and oxygen atoms in total. The first-order chi connectivity index (χ1) is 11.4. The first kappa shape index (κ1) is 18.0. The van der Waals surface area contributed by atoms with Crippen LogP contribution in [0.4, 0.5) is 0 Å². The monoisotopic (exact) mass is 347 g/mol. The highest BCUT2D eigenvalue weighted by Crippen LogP contribution is 2.69. The Labute approximate surface area is 147 Å². The van der Waals surface area contributed by atoms with Crippen molar-refractivity contribution in [3.63, 3.8) is 0 Å². The molecule has 1 aliphatic heterocycles. The van der Waals surface area contributed by atoms with E-state index in [1.54, 1.807) is 0 Å². The largest absolute Gasteiger partial charge is 0.630 e. The summed E-state index contributed by atoms with van der Waals surface area (Å²) in [6, 6.07) is 11.2. The van der Waals surface area contributed by atoms with Crippen molar-refractivity contribution in [2.75, 3.05) is 0 Å². The van der Waals surface area contributed by atoms with E-state index in [0.717, 1.165) is 18.4 Å². The van der Waals surface area contributed by atoms with Crippen molar-refractivity contribution < 1.29 is 4.89 Å². The van der Waals surface area contributed by atoms with Gasteiger partial charge < -0.3 is 4.89 Å². The van der Waals surface area contributed by atoms with Crippen LogP contribution in [0.1, 0.15) is 58.9 Å². The predicted octanol–water partition coefficient (Wildman–Crippen LogP) is 3.89. The molecule has 3 rings (SSSR count). The molecule has 1 saturated heterocycles. The van der Waals surface area contributed by atoms with Gasteiger partial charge in [0, 0.05) is 12.1 Å². The predicted molar refractivity (Wildman–Crippen MR) is 101 cm³/mol. The maximum atomic E-state index is 14.2. The molecule has 1 aromatic rings. The average Bonchev–Trinajstić information content (AvgIpc) is 2.82. The summed E-state index contributed by atoms with van der Waals surface area (Å²) in [6.07, 6.45) is 6.55. The quantitative estimate of drug-likeness (QED) is 0.613. The van der Waals surface area contributed by atoms with Crippen LogP contribution in [0.3, 0.4) is 0 Å². The van der Waals surface area contributed by atoms with Crippen LogP contribution >= 0.6 is 7.94 Å². The van der Waals surface area contributed by atoms with E-state index in [9.17, 15) is 4.89 Å². The highest BCUT2D eigenvalue weighted by atomic mass is 31.2. The second-order valence-corrected chi connectivity index (χ2v) is 9.72. The zero-order valence-corrected chi connectivity index (χ0v) is 16.2. The molecular weight excluding hydrogens is 317 g/mol. The summed E-state index contributed by atoms with van der Waals surface area (Å²) < 4.78 is 9.20. The minimum atomic E-state index is -2.94. The standard InChI is InChI=1S/C19H30N3OP/c1-15(2)21-18-12-8-9-13-19(18)22(16(3)4)24(21,23)20-14-17-10-6-5-7-11-17/h5-7,10-11,14-16,18-19H,8-9,12-13H2,1-4H3/b20-14+/t18-,19-/m0/s1. The van der Waals surface area contributed by atoms with Crippen molar-refractivity contribution in [2.24, 2.45) is 4.76 Å². The third-order valence-electron chi connectivity index (χ3n) is 5.19. The van der Waals surface area contributed by atoms with Crippen molar-refractivity contribution >= 4 is 14.2 Å². The van der Waals surface area contributed by atoms with Gasteiger partial charge in [-0.2, -0.15) is 0 Å². The van der Waals surface area contributed by atoms with Crippen LogP contribution < -0.4 is 4.89 Å². The van der Waals surface area contributed by atoms with E-state index in [4.69, 9.17) is 4.76 Å². The Balaban J connectivity index is 2.00. The minimum absolute atomic E-state index is 0.234. The lowest BCUT2D eigenvalue weighted by atomic mass is 9.89. The lowest BCUT2D eigenvalue weighted by Crippen LogP contribution is -2.43. The van der Waals surface area contributed by atoms with E-state index in [2.05, 4.69) is 37.0 Å². The fourth-order valence-electron chi connectivity index (χ4n) is 4.38. The van der Waals surface area contributed by atoms with Crippen LogP contribution in [-0.2, 0) is 0 Å². The van der Waals surface area contributed by atoms with Crippen molar-refractivity contribution in [1.82, 2.24) is 9.34 Å². The second-order valence-electron chi connectivity index (χ2n) is 7.54. The molecule has 2 aliphatic rings. The van der Waals surface area contributed by atoms with E-state index in [1.165, 1.54) is 12.8 Å². The van der Waals surface area contributed by atoms with E-state index < -0.39 is 7.94 Å². The van der Waals surface area contributed by atoms with Crippen molar-refractivity contribution in [3.8, 4) is 0 Å². The SMILES string of the molecule is CC(C)N1[C@H]2CCCC[C@@H]2N(C(C)C)[P+]1([O-])/N=C/c1ccccc1. The van der Waals surface area contributed by atoms with E-state index >= 15 is 0 Å². The van der Waals surface area contributed by atoms with Gasteiger partial charge in [-0.1, -0.05) is 43.2 Å². The van der Waals surface area contributed by atoms with Crippen molar-refractivity contribution in [1.29, 1.82) is 0 Å². The third-order valence-corrected chi connectivity index (χ3v) is 8.33. The van der Waals surface area contributed by atoms with Crippen LogP contribution in [0, 0.1) is 0 Å². The smallest absolute Gasteiger partial charge is 0.238 e. The third kappa shape index (κ3) is 3.17. The molecule has 0 amide bonds. The number of rotatable bonds is 4. The maximum absolute atomic E-state index is 14.2. The molecule has 132 valence electrons. The Hall–Kier alpha value is -0.800. The minimum Gasteiger partial charge on any atom is -0.630 e. The van der Waals surface area contributed by atoms with Gasteiger partial charge in [0.2, 0.25) is 7.94 Å². The molecule has 0 N–H and O–H groups in total. The molecular formula is C19H30N3OP. The molecule has 0 aromatic heterocycles. The van der Waals surface area contributed by atoms with Crippen LogP contribution in [0.15, 0.2) is 35.1 Å². The van der Waals surface area contributed by atoms with E-state index in [-0.39, 0.29) is 12.1 Å². The Bertz CT molecular complexity index is 551. The van der Waals surface area contributed by atoms with Gasteiger partial charge in [-0.15, -0.1) is 14.1 Å². The number of hydrogen-bond acceptors (Lipinski definition) is 4. The highest BCUT2D eigenvalue weighted by Gasteiger charge is 2.61. The summed E-state index contributed by atoms with van der Waals surface area (Å²) in [5, 5.41) is 0. The zero-order chi connectivity index (χ0) is 17.3. The Morgan fingerprint density at radius 3 is 1.96 bits per heavy atom. The molecule has 0 spiro atoms. The molecule has 24 heavy (non-hydrogen) atoms. The van der Waals surface area contributed by atoms with Gasteiger partial charge >= 0.3 is 0 Å². The second kappa shape index (κ2) is 7.21. The normalized spacial score (nSPS) is 28.1. The van der Waals surface area contributed by atoms with Crippen LogP contribution in [0.5, 0.6) is 0 Å². The lowest BCUT2D eigenvalue weighted by molar-refractivity contribution is -0.193. The lowest BCUT2D eigenvalue weighted by Gasteiger charge is -2.39. The van der Waals surface area contributed by atoms with Crippen LogP contribution in [0.25, 0.3) is 0 Å². The molecule has 1 aromatic carbocycles. The molecule has 2 fully saturated rings. The molecule has 0 radical (unpaired) electrons. The number of hydrogen-bond donors (Lipinski definition) is 0. The van der Waals surface area contributed by atoms with Gasteiger partial charge in [0.15, 0.2) is 0 Å². The summed E-state index contributed by atoms with van der Waals surface area (Å²) in [6.45, 7) is 8.61. The van der Waals surface area contributed by atoms with Gasteiger partial charge in [-0.25, -0.2) is 0 Å². The molecule has 2 atom stereocenters. The molecule has 1 saturated carbocycles. The van der Waals surface area contributed by atoms with Gasteiger partial charge in [0.05, 0.1) is 18.3 Å².